The van der Waals surface area contributed by atoms with E-state index >= 15 is 0 Å². The van der Waals surface area contributed by atoms with Gasteiger partial charge in [-0.25, -0.2) is 0 Å². The normalized spacial score (nSPS) is 12.0. The lowest BCUT2D eigenvalue weighted by Gasteiger charge is -2.20. The van der Waals surface area contributed by atoms with E-state index in [-0.39, 0.29) is 12.5 Å². The fourth-order valence-corrected chi connectivity index (χ4v) is 2.13. The average Bonchev–Trinajstić information content (AvgIpc) is 2.50. The van der Waals surface area contributed by atoms with Crippen LogP contribution < -0.4 is 19.9 Å². The fourth-order valence-electron chi connectivity index (χ4n) is 2.13. The fraction of sp³-hybridized carbons (Fsp3) is 0.625. The molecular weight excluding hydrogens is 270 g/mol. The van der Waals surface area contributed by atoms with Gasteiger partial charge < -0.3 is 25.1 Å². The Kier molecular flexibility index (Phi) is 7.93. The topological polar surface area (TPSA) is 73.9 Å². The number of ether oxygens (including phenoxy) is 3. The van der Waals surface area contributed by atoms with Crippen LogP contribution >= 0.6 is 0 Å². The molecule has 5 heteroatoms. The summed E-state index contributed by atoms with van der Waals surface area (Å²) >= 11 is 0. The van der Waals surface area contributed by atoms with E-state index in [0.717, 1.165) is 5.56 Å². The summed E-state index contributed by atoms with van der Waals surface area (Å²) in [5.74, 6) is 2.01. The van der Waals surface area contributed by atoms with Crippen molar-refractivity contribution in [2.24, 2.45) is 11.7 Å². The van der Waals surface area contributed by atoms with Crippen molar-refractivity contribution in [2.75, 3.05) is 33.0 Å². The van der Waals surface area contributed by atoms with E-state index in [4.69, 9.17) is 19.9 Å². The Morgan fingerprint density at radius 3 is 2.14 bits per heavy atom. The van der Waals surface area contributed by atoms with Crippen LogP contribution in [-0.2, 0) is 6.42 Å². The van der Waals surface area contributed by atoms with Crippen LogP contribution in [0.3, 0.4) is 0 Å². The molecule has 0 bridgehead atoms. The van der Waals surface area contributed by atoms with Crippen molar-refractivity contribution in [3.63, 3.8) is 0 Å². The van der Waals surface area contributed by atoms with Crippen molar-refractivity contribution >= 4 is 0 Å². The molecule has 5 nitrogen and oxygen atoms in total. The molecule has 0 aromatic heterocycles. The molecule has 1 atom stereocenters. The number of aliphatic hydroxyl groups is 1. The van der Waals surface area contributed by atoms with Crippen LogP contribution in [-0.4, -0.2) is 38.1 Å². The summed E-state index contributed by atoms with van der Waals surface area (Å²) in [6, 6.07) is 3.84. The van der Waals surface area contributed by atoms with Crippen molar-refractivity contribution in [1.29, 1.82) is 0 Å². The van der Waals surface area contributed by atoms with Gasteiger partial charge in [0.25, 0.3) is 0 Å². The number of benzene rings is 1. The minimum absolute atomic E-state index is 0.0108. The Labute approximate surface area is 127 Å². The first-order valence-corrected chi connectivity index (χ1v) is 7.56. The second kappa shape index (κ2) is 9.47. The summed E-state index contributed by atoms with van der Waals surface area (Å²) in [5.41, 5.74) is 6.65. The van der Waals surface area contributed by atoms with Crippen LogP contribution in [0.15, 0.2) is 12.1 Å². The minimum Gasteiger partial charge on any atom is -0.490 e. The molecule has 0 saturated carbocycles. The highest BCUT2D eigenvalue weighted by molar-refractivity contribution is 5.56. The summed E-state index contributed by atoms with van der Waals surface area (Å²) < 4.78 is 17.1. The number of hydrogen-bond donors (Lipinski definition) is 2. The van der Waals surface area contributed by atoms with E-state index in [1.54, 1.807) is 0 Å². The zero-order chi connectivity index (χ0) is 15.7. The Bertz CT molecular complexity index is 419. The van der Waals surface area contributed by atoms with Crippen molar-refractivity contribution in [3.8, 4) is 17.2 Å². The maximum absolute atomic E-state index is 9.34. The lowest BCUT2D eigenvalue weighted by atomic mass is 9.99. The first-order valence-electron chi connectivity index (χ1n) is 7.56. The summed E-state index contributed by atoms with van der Waals surface area (Å²) in [7, 11) is 0. The van der Waals surface area contributed by atoms with Gasteiger partial charge in [-0.2, -0.15) is 0 Å². The van der Waals surface area contributed by atoms with Crippen molar-refractivity contribution in [3.05, 3.63) is 17.7 Å². The maximum atomic E-state index is 9.34. The number of hydrogen-bond acceptors (Lipinski definition) is 5. The predicted molar refractivity (Wildman–Crippen MR) is 83.3 cm³/mol. The quantitative estimate of drug-likeness (QED) is 0.691. The van der Waals surface area contributed by atoms with Crippen molar-refractivity contribution in [1.82, 2.24) is 0 Å². The van der Waals surface area contributed by atoms with E-state index in [9.17, 15) is 5.11 Å². The Morgan fingerprint density at radius 2 is 1.62 bits per heavy atom. The van der Waals surface area contributed by atoms with E-state index < -0.39 is 0 Å². The SMILES string of the molecule is CCOc1ccc(CC(CN)CO)c(OCC)c1OCC. The average molecular weight is 297 g/mol. The molecule has 0 radical (unpaired) electrons. The molecule has 0 spiro atoms. The smallest absolute Gasteiger partial charge is 0.203 e. The monoisotopic (exact) mass is 297 g/mol. The van der Waals surface area contributed by atoms with Gasteiger partial charge in [0.05, 0.1) is 19.8 Å². The van der Waals surface area contributed by atoms with Gasteiger partial charge in [-0.15, -0.1) is 0 Å². The van der Waals surface area contributed by atoms with Gasteiger partial charge in [-0.3, -0.25) is 0 Å². The second-order valence-electron chi connectivity index (χ2n) is 4.67. The third kappa shape index (κ3) is 4.79. The van der Waals surface area contributed by atoms with Crippen LogP contribution in [0.2, 0.25) is 0 Å². The largest absolute Gasteiger partial charge is 0.490 e. The van der Waals surface area contributed by atoms with Gasteiger partial charge in [0.2, 0.25) is 5.75 Å². The van der Waals surface area contributed by atoms with Crippen LogP contribution in [0, 0.1) is 5.92 Å². The molecule has 1 aromatic rings. The lowest BCUT2D eigenvalue weighted by molar-refractivity contribution is 0.226. The third-order valence-corrected chi connectivity index (χ3v) is 3.13. The van der Waals surface area contributed by atoms with E-state index in [1.807, 2.05) is 32.9 Å². The Balaban J connectivity index is 3.19. The zero-order valence-electron chi connectivity index (χ0n) is 13.2. The second-order valence-corrected chi connectivity index (χ2v) is 4.67. The van der Waals surface area contributed by atoms with Crippen LogP contribution in [0.4, 0.5) is 0 Å². The first kappa shape index (κ1) is 17.6. The molecule has 0 amide bonds. The van der Waals surface area contributed by atoms with Gasteiger partial charge in [-0.1, -0.05) is 6.07 Å². The molecule has 1 aromatic carbocycles. The molecule has 0 heterocycles. The van der Waals surface area contributed by atoms with Crippen LogP contribution in [0.1, 0.15) is 26.3 Å². The van der Waals surface area contributed by atoms with E-state index in [2.05, 4.69) is 0 Å². The highest BCUT2D eigenvalue weighted by Crippen LogP contribution is 2.41. The molecule has 1 unspecified atom stereocenters. The van der Waals surface area contributed by atoms with Gasteiger partial charge in [0.1, 0.15) is 0 Å². The Morgan fingerprint density at radius 1 is 1.00 bits per heavy atom. The molecule has 0 saturated heterocycles. The zero-order valence-corrected chi connectivity index (χ0v) is 13.2. The van der Waals surface area contributed by atoms with Crippen LogP contribution in [0.5, 0.6) is 17.2 Å². The standard InChI is InChI=1S/C16H27NO4/c1-4-19-14-8-7-13(9-12(10-17)11-18)15(20-5-2)16(14)21-6-3/h7-8,12,18H,4-6,9-11,17H2,1-3H3. The molecule has 0 aliphatic heterocycles. The highest BCUT2D eigenvalue weighted by atomic mass is 16.5. The molecule has 0 fully saturated rings. The third-order valence-electron chi connectivity index (χ3n) is 3.13. The van der Waals surface area contributed by atoms with Gasteiger partial charge in [0, 0.05) is 6.61 Å². The Hall–Kier alpha value is -1.46. The maximum Gasteiger partial charge on any atom is 0.203 e. The predicted octanol–water partition coefficient (Wildman–Crippen LogP) is 1.99. The molecule has 21 heavy (non-hydrogen) atoms. The summed E-state index contributed by atoms with van der Waals surface area (Å²) in [6.45, 7) is 7.90. The molecular formula is C16H27NO4. The number of aliphatic hydroxyl groups excluding tert-OH is 1. The van der Waals surface area contributed by atoms with Gasteiger partial charge >= 0.3 is 0 Å². The summed E-state index contributed by atoms with van der Waals surface area (Å²) in [5, 5.41) is 9.34. The van der Waals surface area contributed by atoms with Crippen molar-refractivity contribution < 1.29 is 19.3 Å². The summed E-state index contributed by atoms with van der Waals surface area (Å²) in [6.07, 6.45) is 0.648. The van der Waals surface area contributed by atoms with Crippen LogP contribution in [0.25, 0.3) is 0 Å². The minimum atomic E-state index is 0.0108. The summed E-state index contributed by atoms with van der Waals surface area (Å²) in [4.78, 5) is 0. The molecule has 120 valence electrons. The van der Waals surface area contributed by atoms with Crippen molar-refractivity contribution in [2.45, 2.75) is 27.2 Å². The van der Waals surface area contributed by atoms with E-state index in [1.165, 1.54) is 0 Å². The van der Waals surface area contributed by atoms with E-state index in [0.29, 0.717) is 50.0 Å². The molecule has 1 rings (SSSR count). The molecule has 0 aliphatic carbocycles. The lowest BCUT2D eigenvalue weighted by Crippen LogP contribution is -2.21. The number of rotatable bonds is 10. The highest BCUT2D eigenvalue weighted by Gasteiger charge is 2.19. The molecule has 3 N–H and O–H groups in total. The van der Waals surface area contributed by atoms with Gasteiger partial charge in [0.15, 0.2) is 11.5 Å². The first-order chi connectivity index (χ1) is 10.2. The van der Waals surface area contributed by atoms with Gasteiger partial charge in [-0.05, 0) is 51.3 Å². The number of nitrogens with two attached hydrogens (primary N) is 1. The molecule has 0 aliphatic rings.